The number of nitrogens with one attached hydrogen (secondary N) is 1. The van der Waals surface area contributed by atoms with Gasteiger partial charge in [-0.2, -0.15) is 0 Å². The standard InChI is InChI=1S/C16H24N2O3/c1-13(2)12-21-15-5-3-14(4-6-15)11-17-16(19)18-7-9-20-10-8-18/h3-6,13H,7-12H2,1-2H3,(H,17,19). The van der Waals surface area contributed by atoms with Crippen LogP contribution < -0.4 is 10.1 Å². The first-order chi connectivity index (χ1) is 10.1. The molecule has 0 spiro atoms. The van der Waals surface area contributed by atoms with E-state index >= 15 is 0 Å². The summed E-state index contributed by atoms with van der Waals surface area (Å²) in [6.45, 7) is 8.05. The Labute approximate surface area is 126 Å². The highest BCUT2D eigenvalue weighted by molar-refractivity contribution is 5.74. The monoisotopic (exact) mass is 292 g/mol. The Morgan fingerprint density at radius 2 is 1.95 bits per heavy atom. The first kappa shape index (κ1) is 15.6. The van der Waals surface area contributed by atoms with Gasteiger partial charge in [0.05, 0.1) is 19.8 Å². The lowest BCUT2D eigenvalue weighted by Gasteiger charge is -2.26. The van der Waals surface area contributed by atoms with E-state index in [9.17, 15) is 4.79 Å². The molecule has 1 aliphatic rings. The molecule has 0 atom stereocenters. The lowest BCUT2D eigenvalue weighted by molar-refractivity contribution is 0.0531. The van der Waals surface area contributed by atoms with Gasteiger partial charge in [-0.3, -0.25) is 0 Å². The van der Waals surface area contributed by atoms with Crippen LogP contribution in [-0.4, -0.2) is 43.8 Å². The third-order valence-corrected chi connectivity index (χ3v) is 3.25. The smallest absolute Gasteiger partial charge is 0.317 e. The maximum absolute atomic E-state index is 12.0. The number of carbonyl (C=O) groups excluding carboxylic acids is 1. The van der Waals surface area contributed by atoms with Crippen molar-refractivity contribution in [1.82, 2.24) is 10.2 Å². The Kier molecular flexibility index (Phi) is 5.87. The molecule has 0 aromatic heterocycles. The second kappa shape index (κ2) is 7.88. The lowest BCUT2D eigenvalue weighted by atomic mass is 10.2. The van der Waals surface area contributed by atoms with Gasteiger partial charge in [-0.15, -0.1) is 0 Å². The van der Waals surface area contributed by atoms with Gasteiger partial charge in [0.2, 0.25) is 0 Å². The average Bonchev–Trinajstić information content (AvgIpc) is 2.52. The predicted octanol–water partition coefficient (Wildman–Crippen LogP) is 2.26. The van der Waals surface area contributed by atoms with Gasteiger partial charge in [0.15, 0.2) is 0 Å². The first-order valence-corrected chi connectivity index (χ1v) is 7.47. The molecule has 1 N–H and O–H groups in total. The van der Waals surface area contributed by atoms with E-state index in [1.54, 1.807) is 4.90 Å². The maximum atomic E-state index is 12.0. The second-order valence-corrected chi connectivity index (χ2v) is 5.61. The zero-order chi connectivity index (χ0) is 15.1. The molecule has 0 saturated carbocycles. The van der Waals surface area contributed by atoms with Crippen molar-refractivity contribution in [3.05, 3.63) is 29.8 Å². The number of benzene rings is 1. The van der Waals surface area contributed by atoms with Crippen LogP contribution in [0.25, 0.3) is 0 Å². The van der Waals surface area contributed by atoms with Gasteiger partial charge in [-0.1, -0.05) is 26.0 Å². The third kappa shape index (κ3) is 5.27. The summed E-state index contributed by atoms with van der Waals surface area (Å²) in [5.41, 5.74) is 1.06. The summed E-state index contributed by atoms with van der Waals surface area (Å²) in [7, 11) is 0. The molecule has 116 valence electrons. The van der Waals surface area contributed by atoms with Gasteiger partial charge in [0.1, 0.15) is 5.75 Å². The quantitative estimate of drug-likeness (QED) is 0.905. The van der Waals surface area contributed by atoms with Crippen molar-refractivity contribution in [3.8, 4) is 5.75 Å². The van der Waals surface area contributed by atoms with E-state index < -0.39 is 0 Å². The lowest BCUT2D eigenvalue weighted by Crippen LogP contribution is -2.45. The summed E-state index contributed by atoms with van der Waals surface area (Å²) < 4.78 is 10.9. The number of carbonyl (C=O) groups is 1. The maximum Gasteiger partial charge on any atom is 0.317 e. The number of amides is 2. The predicted molar refractivity (Wildman–Crippen MR) is 81.4 cm³/mol. The van der Waals surface area contributed by atoms with E-state index in [0.717, 1.165) is 11.3 Å². The Hall–Kier alpha value is -1.75. The molecule has 1 aromatic carbocycles. The number of ether oxygens (including phenoxy) is 2. The largest absolute Gasteiger partial charge is 0.493 e. The normalized spacial score (nSPS) is 15.1. The van der Waals surface area contributed by atoms with Crippen LogP contribution in [0.4, 0.5) is 4.79 Å². The molecule has 1 heterocycles. The summed E-state index contributed by atoms with van der Waals surface area (Å²) in [6, 6.07) is 7.82. The van der Waals surface area contributed by atoms with Crippen molar-refractivity contribution in [2.24, 2.45) is 5.92 Å². The summed E-state index contributed by atoms with van der Waals surface area (Å²) in [5.74, 6) is 1.38. The summed E-state index contributed by atoms with van der Waals surface area (Å²) >= 11 is 0. The third-order valence-electron chi connectivity index (χ3n) is 3.25. The molecule has 1 aromatic rings. The number of urea groups is 1. The molecule has 0 unspecified atom stereocenters. The minimum Gasteiger partial charge on any atom is -0.493 e. The van der Waals surface area contributed by atoms with E-state index in [-0.39, 0.29) is 6.03 Å². The van der Waals surface area contributed by atoms with Gasteiger partial charge in [-0.05, 0) is 23.6 Å². The Morgan fingerprint density at radius 1 is 1.29 bits per heavy atom. The van der Waals surface area contributed by atoms with E-state index in [1.807, 2.05) is 24.3 Å². The molecule has 0 radical (unpaired) electrons. The molecule has 2 rings (SSSR count). The Morgan fingerprint density at radius 3 is 2.57 bits per heavy atom. The summed E-state index contributed by atoms with van der Waals surface area (Å²) in [5, 5.41) is 2.93. The van der Waals surface area contributed by atoms with Gasteiger partial charge in [0, 0.05) is 19.6 Å². The molecule has 1 saturated heterocycles. The van der Waals surface area contributed by atoms with Gasteiger partial charge < -0.3 is 19.7 Å². The van der Waals surface area contributed by atoms with Crippen molar-refractivity contribution in [2.75, 3.05) is 32.9 Å². The van der Waals surface area contributed by atoms with Crippen LogP contribution in [0.3, 0.4) is 0 Å². The van der Waals surface area contributed by atoms with Crippen molar-refractivity contribution in [2.45, 2.75) is 20.4 Å². The molecular formula is C16H24N2O3. The van der Waals surface area contributed by atoms with E-state index in [4.69, 9.17) is 9.47 Å². The van der Waals surface area contributed by atoms with E-state index in [0.29, 0.717) is 45.4 Å². The van der Waals surface area contributed by atoms with Crippen LogP contribution in [-0.2, 0) is 11.3 Å². The molecule has 2 amide bonds. The highest BCUT2D eigenvalue weighted by Crippen LogP contribution is 2.13. The van der Waals surface area contributed by atoms with Crippen LogP contribution in [0.15, 0.2) is 24.3 Å². The van der Waals surface area contributed by atoms with Gasteiger partial charge in [0.25, 0.3) is 0 Å². The van der Waals surface area contributed by atoms with Crippen molar-refractivity contribution in [3.63, 3.8) is 0 Å². The van der Waals surface area contributed by atoms with Gasteiger partial charge >= 0.3 is 6.03 Å². The number of hydrogen-bond acceptors (Lipinski definition) is 3. The number of nitrogens with zero attached hydrogens (tertiary/aromatic N) is 1. The number of morpholine rings is 1. The SMILES string of the molecule is CC(C)COc1ccc(CNC(=O)N2CCOCC2)cc1. The number of rotatable bonds is 5. The van der Waals surface area contributed by atoms with E-state index in [1.165, 1.54) is 0 Å². The fourth-order valence-electron chi connectivity index (χ4n) is 2.02. The molecular weight excluding hydrogens is 268 g/mol. The minimum absolute atomic E-state index is 0.0292. The highest BCUT2D eigenvalue weighted by Gasteiger charge is 2.15. The molecule has 0 aliphatic carbocycles. The zero-order valence-corrected chi connectivity index (χ0v) is 12.8. The van der Waals surface area contributed by atoms with Crippen LogP contribution in [0.2, 0.25) is 0 Å². The van der Waals surface area contributed by atoms with Crippen molar-refractivity contribution < 1.29 is 14.3 Å². The Balaban J connectivity index is 1.76. The van der Waals surface area contributed by atoms with Crippen LogP contribution in [0.5, 0.6) is 5.75 Å². The summed E-state index contributed by atoms with van der Waals surface area (Å²) in [4.78, 5) is 13.7. The van der Waals surface area contributed by atoms with Crippen LogP contribution in [0.1, 0.15) is 19.4 Å². The topological polar surface area (TPSA) is 50.8 Å². The fraction of sp³-hybridized carbons (Fsp3) is 0.562. The van der Waals surface area contributed by atoms with Crippen molar-refractivity contribution >= 4 is 6.03 Å². The zero-order valence-electron chi connectivity index (χ0n) is 12.8. The fourth-order valence-corrected chi connectivity index (χ4v) is 2.02. The molecule has 21 heavy (non-hydrogen) atoms. The Bertz CT molecular complexity index is 439. The van der Waals surface area contributed by atoms with Crippen LogP contribution >= 0.6 is 0 Å². The van der Waals surface area contributed by atoms with Crippen molar-refractivity contribution in [1.29, 1.82) is 0 Å². The first-order valence-electron chi connectivity index (χ1n) is 7.47. The van der Waals surface area contributed by atoms with Crippen LogP contribution in [0, 0.1) is 5.92 Å². The average molecular weight is 292 g/mol. The molecule has 0 bridgehead atoms. The minimum atomic E-state index is -0.0292. The second-order valence-electron chi connectivity index (χ2n) is 5.61. The molecule has 1 aliphatic heterocycles. The van der Waals surface area contributed by atoms with Gasteiger partial charge in [-0.25, -0.2) is 4.79 Å². The molecule has 1 fully saturated rings. The van der Waals surface area contributed by atoms with E-state index in [2.05, 4.69) is 19.2 Å². The molecule has 5 nitrogen and oxygen atoms in total. The highest BCUT2D eigenvalue weighted by atomic mass is 16.5. The summed E-state index contributed by atoms with van der Waals surface area (Å²) in [6.07, 6.45) is 0. The number of hydrogen-bond donors (Lipinski definition) is 1. The molecule has 5 heteroatoms.